The standard InChI is InChI=1S/C21H18ClNO3/c1-25-20-12-11-16(22)13-18(20)23-21(24)14-26-19-10-6-5-9-17(19)15-7-3-2-4-8-15/h2-13H,14H2,1H3,(H,23,24). The molecule has 0 heterocycles. The number of para-hydroxylation sites is 1. The molecule has 0 atom stereocenters. The number of rotatable bonds is 6. The van der Waals surface area contributed by atoms with E-state index in [2.05, 4.69) is 5.32 Å². The third-order valence-corrected chi connectivity index (χ3v) is 4.00. The zero-order valence-corrected chi connectivity index (χ0v) is 15.0. The van der Waals surface area contributed by atoms with E-state index in [0.717, 1.165) is 11.1 Å². The van der Waals surface area contributed by atoms with Crippen LogP contribution in [-0.4, -0.2) is 19.6 Å². The van der Waals surface area contributed by atoms with Crippen molar-refractivity contribution in [3.05, 3.63) is 77.8 Å². The maximum atomic E-state index is 12.3. The molecule has 26 heavy (non-hydrogen) atoms. The number of ether oxygens (including phenoxy) is 2. The van der Waals surface area contributed by atoms with E-state index in [9.17, 15) is 4.79 Å². The highest BCUT2D eigenvalue weighted by Gasteiger charge is 2.11. The SMILES string of the molecule is COc1ccc(Cl)cc1NC(=O)COc1ccccc1-c1ccccc1. The lowest BCUT2D eigenvalue weighted by Crippen LogP contribution is -2.20. The van der Waals surface area contributed by atoms with E-state index in [-0.39, 0.29) is 12.5 Å². The topological polar surface area (TPSA) is 47.6 Å². The first-order chi connectivity index (χ1) is 12.7. The normalized spacial score (nSPS) is 10.2. The summed E-state index contributed by atoms with van der Waals surface area (Å²) in [5.41, 5.74) is 2.46. The maximum absolute atomic E-state index is 12.3. The van der Waals surface area contributed by atoms with Crippen LogP contribution in [0, 0.1) is 0 Å². The summed E-state index contributed by atoms with van der Waals surface area (Å²) in [6.07, 6.45) is 0. The first kappa shape index (κ1) is 17.8. The van der Waals surface area contributed by atoms with Crippen molar-refractivity contribution in [1.82, 2.24) is 0 Å². The Morgan fingerprint density at radius 1 is 0.962 bits per heavy atom. The van der Waals surface area contributed by atoms with Crippen LogP contribution in [0.1, 0.15) is 0 Å². The number of hydrogen-bond donors (Lipinski definition) is 1. The highest BCUT2D eigenvalue weighted by Crippen LogP contribution is 2.30. The van der Waals surface area contributed by atoms with Crippen LogP contribution in [0.25, 0.3) is 11.1 Å². The van der Waals surface area contributed by atoms with Crippen LogP contribution in [0.3, 0.4) is 0 Å². The van der Waals surface area contributed by atoms with Crippen LogP contribution >= 0.6 is 11.6 Å². The zero-order valence-electron chi connectivity index (χ0n) is 14.2. The molecule has 0 bridgehead atoms. The molecule has 4 nitrogen and oxygen atoms in total. The molecule has 0 unspecified atom stereocenters. The minimum Gasteiger partial charge on any atom is -0.495 e. The smallest absolute Gasteiger partial charge is 0.262 e. The van der Waals surface area contributed by atoms with Crippen LogP contribution in [-0.2, 0) is 4.79 Å². The van der Waals surface area contributed by atoms with Gasteiger partial charge in [-0.15, -0.1) is 0 Å². The van der Waals surface area contributed by atoms with Crippen LogP contribution in [0.2, 0.25) is 5.02 Å². The first-order valence-corrected chi connectivity index (χ1v) is 8.46. The van der Waals surface area contributed by atoms with Crippen molar-refractivity contribution in [2.45, 2.75) is 0 Å². The molecule has 0 fully saturated rings. The Morgan fingerprint density at radius 3 is 2.46 bits per heavy atom. The average Bonchev–Trinajstić information content (AvgIpc) is 2.67. The molecule has 0 spiro atoms. The minimum absolute atomic E-state index is 0.125. The second-order valence-electron chi connectivity index (χ2n) is 5.54. The van der Waals surface area contributed by atoms with Gasteiger partial charge in [0.15, 0.2) is 6.61 Å². The van der Waals surface area contributed by atoms with Crippen molar-refractivity contribution < 1.29 is 14.3 Å². The van der Waals surface area contributed by atoms with Crippen molar-refractivity contribution >= 4 is 23.2 Å². The summed E-state index contributed by atoms with van der Waals surface area (Å²) >= 11 is 5.98. The van der Waals surface area contributed by atoms with E-state index in [1.54, 1.807) is 18.2 Å². The summed E-state index contributed by atoms with van der Waals surface area (Å²) in [7, 11) is 1.53. The monoisotopic (exact) mass is 367 g/mol. The number of carbonyl (C=O) groups is 1. The van der Waals surface area contributed by atoms with Crippen LogP contribution in [0.5, 0.6) is 11.5 Å². The highest BCUT2D eigenvalue weighted by molar-refractivity contribution is 6.31. The van der Waals surface area contributed by atoms with Gasteiger partial charge in [0.25, 0.3) is 5.91 Å². The molecular weight excluding hydrogens is 350 g/mol. The van der Waals surface area contributed by atoms with Gasteiger partial charge in [0, 0.05) is 10.6 Å². The second kappa shape index (κ2) is 8.41. The van der Waals surface area contributed by atoms with Crippen LogP contribution < -0.4 is 14.8 Å². The fraction of sp³-hybridized carbons (Fsp3) is 0.0952. The van der Waals surface area contributed by atoms with Gasteiger partial charge in [0.2, 0.25) is 0 Å². The molecule has 1 amide bonds. The summed E-state index contributed by atoms with van der Waals surface area (Å²) in [5.74, 6) is 0.882. The van der Waals surface area contributed by atoms with Gasteiger partial charge in [0.05, 0.1) is 12.8 Å². The number of amides is 1. The molecule has 3 rings (SSSR count). The first-order valence-electron chi connectivity index (χ1n) is 8.08. The van der Waals surface area contributed by atoms with E-state index in [1.807, 2.05) is 54.6 Å². The van der Waals surface area contributed by atoms with E-state index >= 15 is 0 Å². The number of nitrogens with one attached hydrogen (secondary N) is 1. The molecular formula is C21H18ClNO3. The van der Waals surface area contributed by atoms with Gasteiger partial charge < -0.3 is 14.8 Å². The van der Waals surface area contributed by atoms with Crippen LogP contribution in [0.15, 0.2) is 72.8 Å². The lowest BCUT2D eigenvalue weighted by atomic mass is 10.1. The Morgan fingerprint density at radius 2 is 1.69 bits per heavy atom. The van der Waals surface area contributed by atoms with E-state index < -0.39 is 0 Å². The van der Waals surface area contributed by atoms with Gasteiger partial charge in [-0.25, -0.2) is 0 Å². The van der Waals surface area contributed by atoms with E-state index in [0.29, 0.717) is 22.2 Å². The zero-order chi connectivity index (χ0) is 18.4. The molecule has 0 aromatic heterocycles. The number of halogens is 1. The molecule has 0 aliphatic rings. The third kappa shape index (κ3) is 4.35. The number of carbonyl (C=O) groups excluding carboxylic acids is 1. The predicted molar refractivity (Wildman–Crippen MR) is 104 cm³/mol. The van der Waals surface area contributed by atoms with Gasteiger partial charge in [0.1, 0.15) is 11.5 Å². The molecule has 0 saturated heterocycles. The molecule has 5 heteroatoms. The summed E-state index contributed by atoms with van der Waals surface area (Å²) in [4.78, 5) is 12.3. The molecule has 0 aliphatic heterocycles. The van der Waals surface area contributed by atoms with E-state index in [1.165, 1.54) is 7.11 Å². The molecule has 3 aromatic carbocycles. The lowest BCUT2D eigenvalue weighted by Gasteiger charge is -2.13. The van der Waals surface area contributed by atoms with Crippen molar-refractivity contribution in [3.8, 4) is 22.6 Å². The van der Waals surface area contributed by atoms with Gasteiger partial charge >= 0.3 is 0 Å². The average molecular weight is 368 g/mol. The second-order valence-corrected chi connectivity index (χ2v) is 5.98. The largest absolute Gasteiger partial charge is 0.495 e. The fourth-order valence-corrected chi connectivity index (χ4v) is 2.73. The number of methoxy groups -OCH3 is 1. The molecule has 1 N–H and O–H groups in total. The summed E-state index contributed by atoms with van der Waals surface area (Å²) < 4.78 is 11.0. The highest BCUT2D eigenvalue weighted by atomic mass is 35.5. The van der Waals surface area contributed by atoms with E-state index in [4.69, 9.17) is 21.1 Å². The van der Waals surface area contributed by atoms with Gasteiger partial charge in [-0.3, -0.25) is 4.79 Å². The number of hydrogen-bond acceptors (Lipinski definition) is 3. The van der Waals surface area contributed by atoms with Crippen molar-refractivity contribution in [2.24, 2.45) is 0 Å². The number of anilines is 1. The maximum Gasteiger partial charge on any atom is 0.262 e. The summed E-state index contributed by atoms with van der Waals surface area (Å²) in [6.45, 7) is -0.125. The van der Waals surface area contributed by atoms with Crippen molar-refractivity contribution in [1.29, 1.82) is 0 Å². The minimum atomic E-state index is -0.298. The Kier molecular flexibility index (Phi) is 5.77. The Balaban J connectivity index is 1.70. The van der Waals surface area contributed by atoms with Crippen molar-refractivity contribution in [2.75, 3.05) is 19.0 Å². The summed E-state index contributed by atoms with van der Waals surface area (Å²) in [6, 6.07) is 22.5. The Bertz CT molecular complexity index is 897. The molecule has 0 radical (unpaired) electrons. The fourth-order valence-electron chi connectivity index (χ4n) is 2.56. The quantitative estimate of drug-likeness (QED) is 0.664. The molecule has 0 aliphatic carbocycles. The molecule has 0 saturated carbocycles. The molecule has 132 valence electrons. The van der Waals surface area contributed by atoms with Gasteiger partial charge in [-0.05, 0) is 29.8 Å². The molecule has 3 aromatic rings. The van der Waals surface area contributed by atoms with Crippen molar-refractivity contribution in [3.63, 3.8) is 0 Å². The third-order valence-electron chi connectivity index (χ3n) is 3.77. The lowest BCUT2D eigenvalue weighted by molar-refractivity contribution is -0.118. The Labute approximate surface area is 157 Å². The predicted octanol–water partition coefficient (Wildman–Crippen LogP) is 5.03. The Hall–Kier alpha value is -2.98. The number of benzene rings is 3. The van der Waals surface area contributed by atoms with Gasteiger partial charge in [-0.2, -0.15) is 0 Å². The van der Waals surface area contributed by atoms with Crippen LogP contribution in [0.4, 0.5) is 5.69 Å². The van der Waals surface area contributed by atoms with Gasteiger partial charge in [-0.1, -0.05) is 60.1 Å². The summed E-state index contributed by atoms with van der Waals surface area (Å²) in [5, 5.41) is 3.27.